The van der Waals surface area contributed by atoms with Crippen molar-refractivity contribution in [2.45, 2.75) is 38.1 Å². The van der Waals surface area contributed by atoms with Gasteiger partial charge in [0.05, 0.1) is 0 Å². The molecule has 0 bridgehead atoms. The normalized spacial score (nSPS) is 20.0. The van der Waals surface area contributed by atoms with E-state index in [2.05, 4.69) is 15.5 Å². The molecular formula is C30H33N3O2. The Bertz CT molecular complexity index is 1140. The van der Waals surface area contributed by atoms with Crippen LogP contribution in [0.5, 0.6) is 0 Å². The van der Waals surface area contributed by atoms with Gasteiger partial charge in [-0.15, -0.1) is 0 Å². The van der Waals surface area contributed by atoms with E-state index in [-0.39, 0.29) is 11.8 Å². The van der Waals surface area contributed by atoms with Crippen molar-refractivity contribution in [2.75, 3.05) is 25.0 Å². The maximum absolute atomic E-state index is 12.7. The van der Waals surface area contributed by atoms with Crippen LogP contribution in [-0.2, 0) is 0 Å². The van der Waals surface area contributed by atoms with Crippen LogP contribution < -0.4 is 10.6 Å². The van der Waals surface area contributed by atoms with E-state index in [0.717, 1.165) is 17.7 Å². The van der Waals surface area contributed by atoms with E-state index in [0.29, 0.717) is 28.8 Å². The summed E-state index contributed by atoms with van der Waals surface area (Å²) < 4.78 is 0. The highest BCUT2D eigenvalue weighted by Gasteiger charge is 2.32. The monoisotopic (exact) mass is 467 g/mol. The molecule has 0 radical (unpaired) electrons. The Morgan fingerprint density at radius 3 is 2.14 bits per heavy atom. The van der Waals surface area contributed by atoms with Crippen molar-refractivity contribution in [3.8, 4) is 11.1 Å². The van der Waals surface area contributed by atoms with Gasteiger partial charge in [-0.3, -0.25) is 9.59 Å². The average molecular weight is 468 g/mol. The third kappa shape index (κ3) is 5.63. The molecule has 2 aliphatic rings. The summed E-state index contributed by atoms with van der Waals surface area (Å²) in [4.78, 5) is 28.0. The third-order valence-electron chi connectivity index (χ3n) is 7.41. The van der Waals surface area contributed by atoms with Crippen LogP contribution in [0.3, 0.4) is 0 Å². The lowest BCUT2D eigenvalue weighted by Gasteiger charge is -2.44. The first-order valence-corrected chi connectivity index (χ1v) is 12.8. The Kier molecular flexibility index (Phi) is 7.24. The number of piperidine rings is 2. The Morgan fingerprint density at radius 2 is 1.37 bits per heavy atom. The van der Waals surface area contributed by atoms with E-state index in [4.69, 9.17) is 0 Å². The van der Waals surface area contributed by atoms with Crippen molar-refractivity contribution < 1.29 is 9.59 Å². The maximum Gasteiger partial charge on any atom is 0.255 e. The van der Waals surface area contributed by atoms with Crippen LogP contribution >= 0.6 is 0 Å². The van der Waals surface area contributed by atoms with Gasteiger partial charge in [-0.2, -0.15) is 0 Å². The molecular weight excluding hydrogens is 434 g/mol. The molecule has 35 heavy (non-hydrogen) atoms. The number of anilines is 1. The molecule has 5 rings (SSSR count). The third-order valence-corrected chi connectivity index (χ3v) is 7.41. The van der Waals surface area contributed by atoms with Gasteiger partial charge in [0.15, 0.2) is 0 Å². The highest BCUT2D eigenvalue weighted by Crippen LogP contribution is 2.30. The highest BCUT2D eigenvalue weighted by atomic mass is 16.2. The molecule has 2 saturated heterocycles. The SMILES string of the molecule is O=C(NC[C@H]1CCCN2CCCC[C@H]12)c1ccc(NC(=O)c2ccc(-c3ccccc3)cc2)cc1. The van der Waals surface area contributed by atoms with Gasteiger partial charge in [-0.25, -0.2) is 0 Å². The summed E-state index contributed by atoms with van der Waals surface area (Å²) in [6, 6.07) is 25.4. The van der Waals surface area contributed by atoms with Crippen LogP contribution in [0.2, 0.25) is 0 Å². The van der Waals surface area contributed by atoms with E-state index >= 15 is 0 Å². The van der Waals surface area contributed by atoms with Gasteiger partial charge in [0.25, 0.3) is 11.8 Å². The molecule has 2 atom stereocenters. The second-order valence-electron chi connectivity index (χ2n) is 9.69. The lowest BCUT2D eigenvalue weighted by atomic mass is 9.83. The molecule has 5 heteroatoms. The summed E-state index contributed by atoms with van der Waals surface area (Å²) >= 11 is 0. The molecule has 3 aromatic rings. The van der Waals surface area contributed by atoms with Crippen molar-refractivity contribution in [2.24, 2.45) is 5.92 Å². The minimum absolute atomic E-state index is 0.0488. The summed E-state index contributed by atoms with van der Waals surface area (Å²) in [6.45, 7) is 3.15. The molecule has 0 aliphatic carbocycles. The molecule has 0 spiro atoms. The molecule has 2 aliphatic heterocycles. The fourth-order valence-electron chi connectivity index (χ4n) is 5.49. The molecule has 180 valence electrons. The summed E-state index contributed by atoms with van der Waals surface area (Å²) in [5.74, 6) is 0.322. The van der Waals surface area contributed by atoms with Crippen LogP contribution in [-0.4, -0.2) is 42.4 Å². The summed E-state index contributed by atoms with van der Waals surface area (Å²) in [6.07, 6.45) is 6.27. The number of hydrogen-bond donors (Lipinski definition) is 2. The molecule has 2 heterocycles. The Hall–Kier alpha value is -3.44. The van der Waals surface area contributed by atoms with Gasteiger partial charge in [0.2, 0.25) is 0 Å². The van der Waals surface area contributed by atoms with Gasteiger partial charge in [-0.1, -0.05) is 48.9 Å². The summed E-state index contributed by atoms with van der Waals surface area (Å²) in [5, 5.41) is 6.08. The Labute approximate surface area is 207 Å². The highest BCUT2D eigenvalue weighted by molar-refractivity contribution is 6.04. The van der Waals surface area contributed by atoms with Crippen LogP contribution in [0, 0.1) is 5.92 Å². The standard InChI is InChI=1S/C30H33N3O2/c34-29(31-21-26-9-6-20-33-19-5-4-10-28(26)33)24-15-17-27(18-16-24)32-30(35)25-13-11-23(12-14-25)22-7-2-1-3-8-22/h1-3,7-8,11-18,26,28H,4-6,9-10,19-21H2,(H,31,34)(H,32,35)/t26-,28-/m1/s1. The van der Waals surface area contributed by atoms with Crippen molar-refractivity contribution in [1.29, 1.82) is 0 Å². The van der Waals surface area contributed by atoms with Crippen LogP contribution in [0.1, 0.15) is 52.8 Å². The molecule has 0 saturated carbocycles. The minimum Gasteiger partial charge on any atom is -0.352 e. The number of fused-ring (bicyclic) bond motifs is 1. The molecule has 3 aromatic carbocycles. The van der Waals surface area contributed by atoms with Gasteiger partial charge >= 0.3 is 0 Å². The smallest absolute Gasteiger partial charge is 0.255 e. The van der Waals surface area contributed by atoms with Crippen LogP contribution in [0.4, 0.5) is 5.69 Å². The first-order valence-electron chi connectivity index (χ1n) is 12.8. The predicted octanol–water partition coefficient (Wildman–Crippen LogP) is 5.60. The molecule has 2 amide bonds. The molecule has 2 N–H and O–H groups in total. The molecule has 2 fully saturated rings. The first-order chi connectivity index (χ1) is 17.2. The predicted molar refractivity (Wildman–Crippen MR) is 141 cm³/mol. The largest absolute Gasteiger partial charge is 0.352 e. The van der Waals surface area contributed by atoms with Crippen LogP contribution in [0.15, 0.2) is 78.9 Å². The van der Waals surface area contributed by atoms with E-state index in [1.807, 2.05) is 54.6 Å². The van der Waals surface area contributed by atoms with Gasteiger partial charge in [0, 0.05) is 29.4 Å². The average Bonchev–Trinajstić information content (AvgIpc) is 2.92. The quantitative estimate of drug-likeness (QED) is 0.496. The number of rotatable bonds is 6. The number of carbonyl (C=O) groups excluding carboxylic acids is 2. The molecule has 5 nitrogen and oxygen atoms in total. The second kappa shape index (κ2) is 10.9. The van der Waals surface area contributed by atoms with Gasteiger partial charge in [0.1, 0.15) is 0 Å². The van der Waals surface area contributed by atoms with E-state index in [1.165, 1.54) is 45.2 Å². The Balaban J connectivity index is 1.14. The van der Waals surface area contributed by atoms with E-state index in [1.54, 1.807) is 24.3 Å². The topological polar surface area (TPSA) is 61.4 Å². The van der Waals surface area contributed by atoms with Gasteiger partial charge in [-0.05, 0) is 92.2 Å². The maximum atomic E-state index is 12.7. The van der Waals surface area contributed by atoms with Crippen LogP contribution in [0.25, 0.3) is 11.1 Å². The number of nitrogens with one attached hydrogen (secondary N) is 2. The number of carbonyl (C=O) groups is 2. The number of benzene rings is 3. The fourth-order valence-corrected chi connectivity index (χ4v) is 5.49. The number of hydrogen-bond acceptors (Lipinski definition) is 3. The van der Waals surface area contributed by atoms with Crippen molar-refractivity contribution in [1.82, 2.24) is 10.2 Å². The first kappa shape index (κ1) is 23.3. The lowest BCUT2D eigenvalue weighted by Crippen LogP contribution is -2.51. The van der Waals surface area contributed by atoms with Crippen molar-refractivity contribution in [3.63, 3.8) is 0 Å². The molecule has 0 aromatic heterocycles. The summed E-state index contributed by atoms with van der Waals surface area (Å²) in [7, 11) is 0. The lowest BCUT2D eigenvalue weighted by molar-refractivity contribution is 0.0575. The van der Waals surface area contributed by atoms with Crippen molar-refractivity contribution in [3.05, 3.63) is 90.0 Å². The summed E-state index contributed by atoms with van der Waals surface area (Å²) in [5.41, 5.74) is 4.07. The zero-order valence-corrected chi connectivity index (χ0v) is 20.1. The number of amides is 2. The van der Waals surface area contributed by atoms with Crippen molar-refractivity contribution >= 4 is 17.5 Å². The number of nitrogens with zero attached hydrogens (tertiary/aromatic N) is 1. The van der Waals surface area contributed by atoms with E-state index in [9.17, 15) is 9.59 Å². The second-order valence-corrected chi connectivity index (χ2v) is 9.69. The zero-order chi connectivity index (χ0) is 24.0. The zero-order valence-electron chi connectivity index (χ0n) is 20.1. The fraction of sp³-hybridized carbons (Fsp3) is 0.333. The van der Waals surface area contributed by atoms with E-state index < -0.39 is 0 Å². The minimum atomic E-state index is -0.170. The van der Waals surface area contributed by atoms with Gasteiger partial charge < -0.3 is 15.5 Å². The Morgan fingerprint density at radius 1 is 0.714 bits per heavy atom. The molecule has 0 unspecified atom stereocenters.